The lowest BCUT2D eigenvalue weighted by molar-refractivity contribution is -0.161. The maximum atomic E-state index is 12.4. The van der Waals surface area contributed by atoms with Gasteiger partial charge in [-0.05, 0) is 38.0 Å². The van der Waals surface area contributed by atoms with Gasteiger partial charge in [-0.15, -0.1) is 0 Å². The molecule has 0 amide bonds. The number of aliphatic imine (C=N–C) groups is 1. The molecule has 0 bridgehead atoms. The molecule has 1 aliphatic rings. The molecule has 1 aromatic carbocycles. The van der Waals surface area contributed by atoms with Crippen molar-refractivity contribution in [3.8, 4) is 0 Å². The molecular weight excluding hydrogens is 282 g/mol. The lowest BCUT2D eigenvalue weighted by atomic mass is 9.93. The summed E-state index contributed by atoms with van der Waals surface area (Å²) in [6.07, 6.45) is 1.73. The molecule has 0 saturated heterocycles. The maximum absolute atomic E-state index is 12.4. The van der Waals surface area contributed by atoms with Crippen molar-refractivity contribution >= 4 is 17.7 Å². The molecule has 5 nitrogen and oxygen atoms in total. The highest BCUT2D eigenvalue weighted by Crippen LogP contribution is 2.32. The van der Waals surface area contributed by atoms with Gasteiger partial charge in [-0.3, -0.25) is 4.99 Å². The molecule has 0 radical (unpaired) electrons. The van der Waals surface area contributed by atoms with Crippen molar-refractivity contribution < 1.29 is 19.1 Å². The fraction of sp³-hybridized carbons (Fsp3) is 0.353. The number of hydrogen-bond donors (Lipinski definition) is 0. The molecule has 0 atom stereocenters. The number of ether oxygens (including phenoxy) is 2. The topological polar surface area (TPSA) is 65.0 Å². The summed E-state index contributed by atoms with van der Waals surface area (Å²) >= 11 is 0. The van der Waals surface area contributed by atoms with Crippen LogP contribution < -0.4 is 0 Å². The van der Waals surface area contributed by atoms with E-state index < -0.39 is 17.5 Å². The molecule has 2 rings (SSSR count). The van der Waals surface area contributed by atoms with E-state index in [1.807, 2.05) is 30.3 Å². The van der Waals surface area contributed by atoms with E-state index in [0.717, 1.165) is 5.56 Å². The quantitative estimate of drug-likeness (QED) is 0.618. The third kappa shape index (κ3) is 2.66. The van der Waals surface area contributed by atoms with Crippen LogP contribution in [0.3, 0.4) is 0 Å². The minimum atomic E-state index is -1.73. The van der Waals surface area contributed by atoms with Crippen molar-refractivity contribution in [2.24, 2.45) is 4.99 Å². The van der Waals surface area contributed by atoms with Crippen molar-refractivity contribution in [1.82, 2.24) is 0 Å². The standard InChI is InChI=1S/C17H19NO4/c1-4-21-15(19)17(16(20)22-5-2)12(3)11-14(18-17)13-9-7-6-8-10-13/h6-11H,4-5H2,1-3H3. The molecule has 1 aliphatic heterocycles. The molecule has 5 heteroatoms. The van der Waals surface area contributed by atoms with E-state index in [1.165, 1.54) is 0 Å². The molecule has 0 N–H and O–H groups in total. The van der Waals surface area contributed by atoms with Crippen LogP contribution in [0.15, 0.2) is 47.0 Å². The van der Waals surface area contributed by atoms with Crippen molar-refractivity contribution in [1.29, 1.82) is 0 Å². The van der Waals surface area contributed by atoms with Crippen molar-refractivity contribution in [2.45, 2.75) is 26.3 Å². The highest BCUT2D eigenvalue weighted by molar-refractivity contribution is 6.20. The first kappa shape index (κ1) is 15.9. The second kappa shape index (κ2) is 6.56. The monoisotopic (exact) mass is 301 g/mol. The molecule has 0 saturated carbocycles. The summed E-state index contributed by atoms with van der Waals surface area (Å²) in [6, 6.07) is 9.37. The Morgan fingerprint density at radius 3 is 2.09 bits per heavy atom. The van der Waals surface area contributed by atoms with Crippen LogP contribution in [0, 0.1) is 0 Å². The number of esters is 2. The van der Waals surface area contributed by atoms with Gasteiger partial charge in [0.15, 0.2) is 0 Å². The van der Waals surface area contributed by atoms with Crippen LogP contribution >= 0.6 is 0 Å². The minimum absolute atomic E-state index is 0.170. The molecular formula is C17H19NO4. The zero-order chi connectivity index (χ0) is 16.2. The number of hydrogen-bond acceptors (Lipinski definition) is 5. The van der Waals surface area contributed by atoms with Crippen molar-refractivity contribution in [2.75, 3.05) is 13.2 Å². The van der Waals surface area contributed by atoms with Gasteiger partial charge < -0.3 is 9.47 Å². The molecule has 116 valence electrons. The fourth-order valence-electron chi connectivity index (χ4n) is 2.34. The Morgan fingerprint density at radius 1 is 1.05 bits per heavy atom. The third-order valence-electron chi connectivity index (χ3n) is 3.42. The van der Waals surface area contributed by atoms with Crippen LogP contribution in [0.1, 0.15) is 26.3 Å². The lowest BCUT2D eigenvalue weighted by Gasteiger charge is -2.23. The third-order valence-corrected chi connectivity index (χ3v) is 3.42. The van der Waals surface area contributed by atoms with E-state index in [9.17, 15) is 9.59 Å². The Labute approximate surface area is 129 Å². The SMILES string of the molecule is CCOC(=O)C1(C(=O)OCC)N=C(c2ccccc2)C=C1C. The molecule has 0 spiro atoms. The van der Waals surface area contributed by atoms with Gasteiger partial charge in [0.05, 0.1) is 18.9 Å². The van der Waals surface area contributed by atoms with Gasteiger partial charge in [-0.1, -0.05) is 30.3 Å². The van der Waals surface area contributed by atoms with Gasteiger partial charge in [0.25, 0.3) is 5.54 Å². The van der Waals surface area contributed by atoms with Crippen LogP contribution in [0.4, 0.5) is 0 Å². The van der Waals surface area contributed by atoms with E-state index in [1.54, 1.807) is 26.8 Å². The van der Waals surface area contributed by atoms with E-state index in [0.29, 0.717) is 11.3 Å². The largest absolute Gasteiger partial charge is 0.463 e. The van der Waals surface area contributed by atoms with Crippen molar-refractivity contribution in [3.05, 3.63) is 47.5 Å². The summed E-state index contributed by atoms with van der Waals surface area (Å²) in [6.45, 7) is 5.40. The number of allylic oxidation sites excluding steroid dienone is 1. The lowest BCUT2D eigenvalue weighted by Crippen LogP contribution is -2.47. The first-order valence-corrected chi connectivity index (χ1v) is 7.24. The highest BCUT2D eigenvalue weighted by Gasteiger charge is 2.53. The molecule has 0 aromatic heterocycles. The van der Waals surface area contributed by atoms with E-state index in [-0.39, 0.29) is 13.2 Å². The van der Waals surface area contributed by atoms with Crippen LogP contribution in [-0.4, -0.2) is 36.4 Å². The summed E-state index contributed by atoms with van der Waals surface area (Å²) < 4.78 is 10.1. The first-order chi connectivity index (χ1) is 10.6. The van der Waals surface area contributed by atoms with Gasteiger partial charge in [0.2, 0.25) is 0 Å². The molecule has 0 unspecified atom stereocenters. The predicted octanol–water partition coefficient (Wildman–Crippen LogP) is 2.30. The predicted molar refractivity (Wildman–Crippen MR) is 82.7 cm³/mol. The van der Waals surface area contributed by atoms with Crippen LogP contribution in [0.25, 0.3) is 0 Å². The summed E-state index contributed by atoms with van der Waals surface area (Å²) in [5, 5.41) is 0. The maximum Gasteiger partial charge on any atom is 0.350 e. The molecule has 0 aliphatic carbocycles. The number of rotatable bonds is 5. The van der Waals surface area contributed by atoms with Crippen LogP contribution in [-0.2, 0) is 19.1 Å². The smallest absolute Gasteiger partial charge is 0.350 e. The average molecular weight is 301 g/mol. The zero-order valence-corrected chi connectivity index (χ0v) is 13.0. The molecule has 0 fully saturated rings. The molecule has 1 aromatic rings. The Hall–Kier alpha value is -2.43. The van der Waals surface area contributed by atoms with Gasteiger partial charge in [-0.25, -0.2) is 9.59 Å². The van der Waals surface area contributed by atoms with Crippen LogP contribution in [0.2, 0.25) is 0 Å². The first-order valence-electron chi connectivity index (χ1n) is 7.24. The Balaban J connectivity index is 2.50. The molecule has 1 heterocycles. The summed E-state index contributed by atoms with van der Waals surface area (Å²) in [7, 11) is 0. The average Bonchev–Trinajstić information content (AvgIpc) is 2.87. The minimum Gasteiger partial charge on any atom is -0.463 e. The summed E-state index contributed by atoms with van der Waals surface area (Å²) in [5.74, 6) is -1.40. The fourth-order valence-corrected chi connectivity index (χ4v) is 2.34. The number of carbonyl (C=O) groups is 2. The zero-order valence-electron chi connectivity index (χ0n) is 13.0. The van der Waals surface area contributed by atoms with Crippen molar-refractivity contribution in [3.63, 3.8) is 0 Å². The second-order valence-electron chi connectivity index (χ2n) is 4.84. The Kier molecular flexibility index (Phi) is 4.75. The molecule has 22 heavy (non-hydrogen) atoms. The van der Waals surface area contributed by atoms with E-state index in [4.69, 9.17) is 9.47 Å². The highest BCUT2D eigenvalue weighted by atomic mass is 16.6. The number of nitrogens with zero attached hydrogens (tertiary/aromatic N) is 1. The van der Waals surface area contributed by atoms with Crippen LogP contribution in [0.5, 0.6) is 0 Å². The van der Waals surface area contributed by atoms with E-state index in [2.05, 4.69) is 4.99 Å². The number of carbonyl (C=O) groups excluding carboxylic acids is 2. The second-order valence-corrected chi connectivity index (χ2v) is 4.84. The van der Waals surface area contributed by atoms with Gasteiger partial charge in [0.1, 0.15) is 0 Å². The van der Waals surface area contributed by atoms with E-state index >= 15 is 0 Å². The number of benzene rings is 1. The van der Waals surface area contributed by atoms with Gasteiger partial charge in [0, 0.05) is 0 Å². The summed E-state index contributed by atoms with van der Waals surface area (Å²) in [4.78, 5) is 29.2. The Morgan fingerprint density at radius 2 is 1.59 bits per heavy atom. The summed E-state index contributed by atoms with van der Waals surface area (Å²) in [5.41, 5.74) is 0.178. The Bertz CT molecular complexity index is 613. The van der Waals surface area contributed by atoms with Gasteiger partial charge in [-0.2, -0.15) is 0 Å². The normalized spacial score (nSPS) is 15.8. The van der Waals surface area contributed by atoms with Gasteiger partial charge >= 0.3 is 11.9 Å².